The van der Waals surface area contributed by atoms with E-state index in [0.717, 1.165) is 11.1 Å². The number of carboxylic acids is 1. The molecule has 0 amide bonds. The van der Waals surface area contributed by atoms with Gasteiger partial charge in [-0.2, -0.15) is 0 Å². The van der Waals surface area contributed by atoms with E-state index in [1.807, 2.05) is 0 Å². The Morgan fingerprint density at radius 2 is 2.27 bits per heavy atom. The number of carboxylic acid groups (broad SMARTS) is 1. The first kappa shape index (κ1) is 10.1. The summed E-state index contributed by atoms with van der Waals surface area (Å²) in [5.74, 6) is -1.60. The number of benzene rings is 1. The predicted molar refractivity (Wildman–Crippen MR) is 52.8 cm³/mol. The fourth-order valence-electron chi connectivity index (χ4n) is 2.07. The van der Waals surface area contributed by atoms with Crippen molar-refractivity contribution < 1.29 is 14.3 Å². The molecule has 0 radical (unpaired) electrons. The summed E-state index contributed by atoms with van der Waals surface area (Å²) < 4.78 is 13.0. The van der Waals surface area contributed by atoms with Crippen molar-refractivity contribution in [3.05, 3.63) is 35.1 Å². The third-order valence-electron chi connectivity index (χ3n) is 2.86. The summed E-state index contributed by atoms with van der Waals surface area (Å²) in [6.07, 6.45) is 0.824. The van der Waals surface area contributed by atoms with Gasteiger partial charge < -0.3 is 10.8 Å². The summed E-state index contributed by atoms with van der Waals surface area (Å²) in [6, 6.07) is 4.00. The van der Waals surface area contributed by atoms with Crippen LogP contribution >= 0.6 is 0 Å². The van der Waals surface area contributed by atoms with Gasteiger partial charge in [0.15, 0.2) is 0 Å². The number of rotatable bonds is 1. The number of hydrogen-bond acceptors (Lipinski definition) is 2. The van der Waals surface area contributed by atoms with Crippen molar-refractivity contribution in [2.75, 3.05) is 0 Å². The van der Waals surface area contributed by atoms with Gasteiger partial charge in [-0.1, -0.05) is 6.07 Å². The molecule has 0 fully saturated rings. The average molecular weight is 209 g/mol. The highest BCUT2D eigenvalue weighted by Crippen LogP contribution is 2.32. The van der Waals surface area contributed by atoms with E-state index in [0.29, 0.717) is 12.8 Å². The molecule has 2 rings (SSSR count). The molecule has 2 atom stereocenters. The van der Waals surface area contributed by atoms with E-state index in [1.165, 1.54) is 12.1 Å². The molecule has 0 saturated carbocycles. The third-order valence-corrected chi connectivity index (χ3v) is 2.86. The van der Waals surface area contributed by atoms with Crippen LogP contribution in [0.25, 0.3) is 0 Å². The lowest BCUT2D eigenvalue weighted by Crippen LogP contribution is -2.29. The van der Waals surface area contributed by atoms with Gasteiger partial charge in [0.1, 0.15) is 5.82 Å². The van der Waals surface area contributed by atoms with Crippen molar-refractivity contribution >= 4 is 5.97 Å². The van der Waals surface area contributed by atoms with Crippen LogP contribution in [-0.4, -0.2) is 11.1 Å². The zero-order valence-corrected chi connectivity index (χ0v) is 8.11. The molecule has 15 heavy (non-hydrogen) atoms. The van der Waals surface area contributed by atoms with Gasteiger partial charge in [0.05, 0.1) is 5.92 Å². The zero-order chi connectivity index (χ0) is 11.0. The highest BCUT2D eigenvalue weighted by atomic mass is 19.1. The van der Waals surface area contributed by atoms with E-state index < -0.39 is 11.9 Å². The van der Waals surface area contributed by atoms with Crippen LogP contribution in [0, 0.1) is 11.7 Å². The number of hydrogen-bond donors (Lipinski definition) is 2. The first-order valence-corrected chi connectivity index (χ1v) is 4.84. The van der Waals surface area contributed by atoms with Gasteiger partial charge in [-0.3, -0.25) is 4.79 Å². The van der Waals surface area contributed by atoms with Crippen LogP contribution in [0.1, 0.15) is 23.6 Å². The minimum Gasteiger partial charge on any atom is -0.481 e. The first-order valence-electron chi connectivity index (χ1n) is 4.84. The lowest BCUT2D eigenvalue weighted by molar-refractivity contribution is -0.142. The fraction of sp³-hybridized carbons (Fsp3) is 0.364. The Morgan fingerprint density at radius 1 is 1.53 bits per heavy atom. The molecule has 3 nitrogen and oxygen atoms in total. The Hall–Kier alpha value is -1.42. The number of nitrogens with two attached hydrogens (primary N) is 1. The summed E-state index contributed by atoms with van der Waals surface area (Å²) in [7, 11) is 0. The van der Waals surface area contributed by atoms with Crippen LogP contribution < -0.4 is 5.73 Å². The van der Waals surface area contributed by atoms with E-state index in [2.05, 4.69) is 0 Å². The fourth-order valence-corrected chi connectivity index (χ4v) is 2.07. The van der Waals surface area contributed by atoms with Crippen LogP contribution in [0.3, 0.4) is 0 Å². The molecule has 1 aromatic carbocycles. The van der Waals surface area contributed by atoms with E-state index in [-0.39, 0.29) is 11.9 Å². The van der Waals surface area contributed by atoms with Crippen LogP contribution in [0.2, 0.25) is 0 Å². The summed E-state index contributed by atoms with van der Waals surface area (Å²) >= 11 is 0. The van der Waals surface area contributed by atoms with Crippen molar-refractivity contribution in [2.45, 2.75) is 18.9 Å². The summed E-state index contributed by atoms with van der Waals surface area (Å²) in [4.78, 5) is 10.8. The minimum absolute atomic E-state index is 0.321. The SMILES string of the molecule is NC1CC(C(=O)O)Cc2ccc(F)cc21. The number of carbonyl (C=O) groups is 1. The minimum atomic E-state index is -0.833. The molecule has 80 valence electrons. The lowest BCUT2D eigenvalue weighted by Gasteiger charge is -2.26. The van der Waals surface area contributed by atoms with Crippen molar-refractivity contribution in [1.29, 1.82) is 0 Å². The molecule has 3 N–H and O–H groups in total. The second-order valence-electron chi connectivity index (χ2n) is 3.92. The quantitative estimate of drug-likeness (QED) is 0.736. The standard InChI is InChI=1S/C11H12FNO2/c12-8-2-1-6-3-7(11(14)15)4-10(13)9(6)5-8/h1-2,5,7,10H,3-4,13H2,(H,14,15). The molecule has 0 bridgehead atoms. The second-order valence-corrected chi connectivity index (χ2v) is 3.92. The number of aliphatic carboxylic acids is 1. The van der Waals surface area contributed by atoms with Gasteiger partial charge in [-0.25, -0.2) is 4.39 Å². The molecule has 0 heterocycles. The molecule has 0 aromatic heterocycles. The van der Waals surface area contributed by atoms with E-state index >= 15 is 0 Å². The highest BCUT2D eigenvalue weighted by molar-refractivity contribution is 5.71. The molecular weight excluding hydrogens is 197 g/mol. The molecule has 0 aliphatic heterocycles. The zero-order valence-electron chi connectivity index (χ0n) is 8.11. The van der Waals surface area contributed by atoms with Gasteiger partial charge in [0.25, 0.3) is 0 Å². The molecule has 4 heteroatoms. The van der Waals surface area contributed by atoms with Crippen LogP contribution in [-0.2, 0) is 11.2 Å². The Labute approximate surface area is 86.7 Å². The molecular formula is C11H12FNO2. The maximum Gasteiger partial charge on any atom is 0.306 e. The summed E-state index contributed by atoms with van der Waals surface area (Å²) in [6.45, 7) is 0. The van der Waals surface area contributed by atoms with Gasteiger partial charge in [-0.05, 0) is 36.1 Å². The maximum absolute atomic E-state index is 13.0. The van der Waals surface area contributed by atoms with Crippen molar-refractivity contribution in [3.8, 4) is 0 Å². The Bertz CT molecular complexity index is 406. The van der Waals surface area contributed by atoms with Gasteiger partial charge in [-0.15, -0.1) is 0 Å². The highest BCUT2D eigenvalue weighted by Gasteiger charge is 2.29. The number of fused-ring (bicyclic) bond motifs is 1. The Balaban J connectivity index is 2.36. The van der Waals surface area contributed by atoms with Crippen molar-refractivity contribution in [2.24, 2.45) is 11.7 Å². The van der Waals surface area contributed by atoms with Crippen molar-refractivity contribution in [1.82, 2.24) is 0 Å². The Kier molecular flexibility index (Phi) is 2.44. The van der Waals surface area contributed by atoms with E-state index in [9.17, 15) is 9.18 Å². The van der Waals surface area contributed by atoms with Gasteiger partial charge >= 0.3 is 5.97 Å². The topological polar surface area (TPSA) is 63.3 Å². The number of halogens is 1. The van der Waals surface area contributed by atoms with E-state index in [4.69, 9.17) is 10.8 Å². The third kappa shape index (κ3) is 1.85. The van der Waals surface area contributed by atoms with Gasteiger partial charge in [0.2, 0.25) is 0 Å². The molecule has 1 aliphatic rings. The predicted octanol–water partition coefficient (Wildman–Crippen LogP) is 1.47. The normalized spacial score (nSPS) is 24.7. The summed E-state index contributed by atoms with van der Waals surface area (Å²) in [5, 5.41) is 8.91. The van der Waals surface area contributed by atoms with Crippen molar-refractivity contribution in [3.63, 3.8) is 0 Å². The monoisotopic (exact) mass is 209 g/mol. The summed E-state index contributed by atoms with van der Waals surface area (Å²) in [5.41, 5.74) is 7.41. The largest absolute Gasteiger partial charge is 0.481 e. The van der Waals surface area contributed by atoms with Crippen LogP contribution in [0.5, 0.6) is 0 Å². The Morgan fingerprint density at radius 3 is 2.93 bits per heavy atom. The van der Waals surface area contributed by atoms with Crippen LogP contribution in [0.15, 0.2) is 18.2 Å². The molecule has 0 spiro atoms. The van der Waals surface area contributed by atoms with Gasteiger partial charge in [0, 0.05) is 6.04 Å². The second kappa shape index (κ2) is 3.62. The van der Waals surface area contributed by atoms with E-state index in [1.54, 1.807) is 6.07 Å². The van der Waals surface area contributed by atoms with Crippen LogP contribution in [0.4, 0.5) is 4.39 Å². The molecule has 1 aromatic rings. The smallest absolute Gasteiger partial charge is 0.306 e. The maximum atomic E-state index is 13.0. The first-order chi connectivity index (χ1) is 7.08. The molecule has 2 unspecified atom stereocenters. The average Bonchev–Trinajstić information content (AvgIpc) is 2.18. The molecule has 1 aliphatic carbocycles. The molecule has 0 saturated heterocycles. The lowest BCUT2D eigenvalue weighted by atomic mass is 9.81.